The quantitative estimate of drug-likeness (QED) is 0.0858. The molecule has 0 bridgehead atoms. The van der Waals surface area contributed by atoms with E-state index < -0.39 is 32.3 Å². The van der Waals surface area contributed by atoms with Crippen LogP contribution in [0.3, 0.4) is 0 Å². The van der Waals surface area contributed by atoms with E-state index in [4.69, 9.17) is 41.6 Å². The number of nitrogens with zero attached hydrogens (tertiary/aromatic N) is 5. The van der Waals surface area contributed by atoms with Gasteiger partial charge in [0.25, 0.3) is 0 Å². The van der Waals surface area contributed by atoms with Crippen LogP contribution in [-0.4, -0.2) is 13.8 Å². The van der Waals surface area contributed by atoms with Gasteiger partial charge in [-0.05, 0) is 0 Å². The van der Waals surface area contributed by atoms with E-state index in [1.807, 2.05) is 133 Å². The van der Waals surface area contributed by atoms with Crippen molar-refractivity contribution in [2.24, 2.45) is 4.52 Å². The Bertz CT molecular complexity index is 2790. The van der Waals surface area contributed by atoms with Gasteiger partial charge in [-0.25, -0.2) is 0 Å². The molecule has 8 aromatic carbocycles. The summed E-state index contributed by atoms with van der Waals surface area (Å²) in [5.74, 6) is 5.41. The monoisotopic (exact) mass is 951 g/mol. The summed E-state index contributed by atoms with van der Waals surface area (Å²) in [6, 6.07) is 72.4. The van der Waals surface area contributed by atoms with E-state index in [2.05, 4.69) is 5.81 Å². The van der Waals surface area contributed by atoms with Crippen LogP contribution in [0.4, 0.5) is 0 Å². The molecule has 0 spiro atoms. The molecule has 13 nitrogen and oxygen atoms in total. The molecule has 0 saturated heterocycles. The molecular weight excluding hydrogens is 910 g/mol. The van der Waals surface area contributed by atoms with Gasteiger partial charge in [0.05, 0.1) is 0 Å². The molecule has 1 heterocycles. The fourth-order valence-electron chi connectivity index (χ4n) is 6.16. The number of rotatable bonds is 16. The molecule has 0 aliphatic carbocycles. The average Bonchev–Trinajstić information content (AvgIpc) is 3.37. The van der Waals surface area contributed by atoms with Crippen molar-refractivity contribution < 1.29 is 37.1 Å². The van der Waals surface area contributed by atoms with Gasteiger partial charge in [0.1, 0.15) is 0 Å². The van der Waals surface area contributed by atoms with Gasteiger partial charge in [0.15, 0.2) is 0 Å². The van der Waals surface area contributed by atoms with Gasteiger partial charge >= 0.3 is 388 Å². The summed E-state index contributed by atoms with van der Waals surface area (Å²) in [7, 11) is -14.7. The van der Waals surface area contributed by atoms with Gasteiger partial charge in [0.2, 0.25) is 0 Å². The van der Waals surface area contributed by atoms with Gasteiger partial charge in [-0.2, -0.15) is 0 Å². The zero-order valence-electron chi connectivity index (χ0n) is 34.9. The van der Waals surface area contributed by atoms with Crippen molar-refractivity contribution in [1.82, 2.24) is 13.8 Å². The zero-order chi connectivity index (χ0) is 44.9. The van der Waals surface area contributed by atoms with Crippen LogP contribution < -0.4 is 37.1 Å². The molecule has 0 fully saturated rings. The molecule has 330 valence electrons. The van der Waals surface area contributed by atoms with Gasteiger partial charge < -0.3 is 0 Å². The molecule has 2 atom stereocenters. The number of hydrogen-bond acceptors (Lipinski definition) is 13. The summed E-state index contributed by atoms with van der Waals surface area (Å²) < 4.78 is 45.7. The van der Waals surface area contributed by atoms with E-state index in [0.29, 0.717) is 46.0 Å². The van der Waals surface area contributed by atoms with Crippen LogP contribution in [0.25, 0.3) is 0 Å². The maximum atomic E-state index is 12.4. The first-order chi connectivity index (χ1) is 32.6. The molecule has 2 unspecified atom stereocenters. The summed E-state index contributed by atoms with van der Waals surface area (Å²) in [6.07, 6.45) is 0. The molecule has 1 aliphatic rings. The van der Waals surface area contributed by atoms with Crippen LogP contribution >= 0.6 is 32.3 Å². The summed E-state index contributed by atoms with van der Waals surface area (Å²) in [5, 5.41) is 12.4. The van der Waals surface area contributed by atoms with E-state index in [1.165, 1.54) is 13.8 Å². The first-order valence-electron chi connectivity index (χ1n) is 20.5. The molecular formula is C49H41N5O8P4. The summed E-state index contributed by atoms with van der Waals surface area (Å²) in [6.45, 7) is 0. The number of para-hydroxylation sites is 8. The fraction of sp³-hybridized carbons (Fsp3) is 0. The first-order valence-corrected chi connectivity index (χ1v) is 26.2. The molecule has 9 rings (SSSR count). The Balaban J connectivity index is 1.44. The predicted octanol–water partition coefficient (Wildman–Crippen LogP) is 14.7. The minimum absolute atomic E-state index is 0.292. The standard InChI is InChI=1S/C49H41N5O8P4/c50-41-65(60-47-35-19-6-20-36-47)53(56-43-27-11-2-12-28-43)64(59-46-33-17-5-18-34-46)52(55-42-25-9-1-10-26-42)63(58-45-31-15-4-16-32-45)51-66(61-48-37-21-7-22-38-48,62-49-39-23-8-24-40-49)54(65)57-44-29-13-3-14-30-44/h1-40,65H. The van der Waals surface area contributed by atoms with Crippen LogP contribution in [-0.2, 0) is 0 Å². The second-order valence-corrected chi connectivity index (χ2v) is 22.3. The third kappa shape index (κ3) is 10.6. The number of hydrogen-bond donors (Lipinski definition) is 0. The SMILES string of the molecule is N#C[PH]1(Oc2ccccc2)N(Oc2ccccc2)P(Oc2ccccc2)N(Oc2ccccc2)P(Oc2ccccc2)N=P(Oc2ccccc2)(Oc2ccccc2)N1Oc1ccccc1. The molecule has 17 heteroatoms. The van der Waals surface area contributed by atoms with Gasteiger partial charge in [0, 0.05) is 0 Å². The van der Waals surface area contributed by atoms with Crippen LogP contribution in [0.1, 0.15) is 0 Å². The van der Waals surface area contributed by atoms with Crippen molar-refractivity contribution in [3.8, 4) is 51.8 Å². The van der Waals surface area contributed by atoms with Crippen LogP contribution in [0.5, 0.6) is 46.0 Å². The molecule has 0 N–H and O–H groups in total. The molecule has 1 aliphatic heterocycles. The Morgan fingerprint density at radius 2 is 0.758 bits per heavy atom. The molecule has 0 aromatic heterocycles. The molecule has 8 aromatic rings. The molecule has 66 heavy (non-hydrogen) atoms. The molecule has 0 saturated carbocycles. The topological polar surface area (TPSA) is 120 Å². The third-order valence-corrected chi connectivity index (χ3v) is 19.8. The summed E-state index contributed by atoms with van der Waals surface area (Å²) >= 11 is 0. The Morgan fingerprint density at radius 3 is 1.18 bits per heavy atom. The van der Waals surface area contributed by atoms with Crippen molar-refractivity contribution in [2.75, 3.05) is 0 Å². The third-order valence-electron chi connectivity index (χ3n) is 9.13. The van der Waals surface area contributed by atoms with E-state index in [0.717, 1.165) is 0 Å². The second kappa shape index (κ2) is 21.4. The first kappa shape index (κ1) is 44.3. The Hall–Kier alpha value is -6.95. The van der Waals surface area contributed by atoms with E-state index >= 15 is 0 Å². The Labute approximate surface area is 386 Å². The van der Waals surface area contributed by atoms with Crippen LogP contribution in [0.15, 0.2) is 247 Å². The minimum atomic E-state index is -5.07. The van der Waals surface area contributed by atoms with E-state index in [1.54, 1.807) is 109 Å². The fourth-order valence-corrected chi connectivity index (χ4v) is 18.0. The van der Waals surface area contributed by atoms with Crippen molar-refractivity contribution in [1.29, 1.82) is 5.26 Å². The van der Waals surface area contributed by atoms with Crippen LogP contribution in [0, 0.1) is 11.1 Å². The Kier molecular flexibility index (Phi) is 14.3. The van der Waals surface area contributed by atoms with Gasteiger partial charge in [-0.15, -0.1) is 0 Å². The van der Waals surface area contributed by atoms with Crippen LogP contribution in [0.2, 0.25) is 0 Å². The van der Waals surface area contributed by atoms with E-state index in [-0.39, 0.29) is 0 Å². The summed E-state index contributed by atoms with van der Waals surface area (Å²) in [5.41, 5.74) is 0. The van der Waals surface area contributed by atoms with E-state index in [9.17, 15) is 5.26 Å². The molecule has 0 radical (unpaired) electrons. The van der Waals surface area contributed by atoms with Crippen molar-refractivity contribution in [3.05, 3.63) is 243 Å². The summed E-state index contributed by atoms with van der Waals surface area (Å²) in [4.78, 5) is 21.2. The second-order valence-electron chi connectivity index (χ2n) is 13.8. The number of nitriles is 1. The number of benzene rings is 8. The maximum absolute atomic E-state index is 12.4. The van der Waals surface area contributed by atoms with Gasteiger partial charge in [-0.1, -0.05) is 0 Å². The zero-order valence-corrected chi connectivity index (χ0v) is 38.6. The van der Waals surface area contributed by atoms with Crippen molar-refractivity contribution in [2.45, 2.75) is 0 Å². The average molecular weight is 952 g/mol. The van der Waals surface area contributed by atoms with Crippen molar-refractivity contribution in [3.63, 3.8) is 0 Å². The normalized spacial score (nSPS) is 17.4. The molecule has 0 amide bonds. The van der Waals surface area contributed by atoms with Crippen molar-refractivity contribution >= 4 is 32.3 Å². The predicted molar refractivity (Wildman–Crippen MR) is 259 cm³/mol. The van der Waals surface area contributed by atoms with Gasteiger partial charge in [-0.3, -0.25) is 0 Å². The Morgan fingerprint density at radius 1 is 0.409 bits per heavy atom.